The Morgan fingerprint density at radius 1 is 1.39 bits per heavy atom. The van der Waals surface area contributed by atoms with Crippen LogP contribution in [0.2, 0.25) is 0 Å². The quantitative estimate of drug-likeness (QED) is 0.644. The molecule has 0 saturated carbocycles. The molecule has 1 heterocycles. The largest absolute Gasteiger partial charge is 0.385 e. The van der Waals surface area contributed by atoms with E-state index in [0.717, 1.165) is 0 Å². The van der Waals surface area contributed by atoms with E-state index in [-0.39, 0.29) is 12.6 Å². The molecule has 18 heavy (non-hydrogen) atoms. The average molecular weight is 253 g/mol. The molecule has 0 fully saturated rings. The van der Waals surface area contributed by atoms with E-state index in [1.807, 2.05) is 0 Å². The summed E-state index contributed by atoms with van der Waals surface area (Å²) in [6, 6.07) is 3.46. The van der Waals surface area contributed by atoms with Gasteiger partial charge in [0.25, 0.3) is 0 Å². The number of hydrogen-bond donors (Lipinski definition) is 3. The molecule has 6 nitrogen and oxygen atoms in total. The highest BCUT2D eigenvalue weighted by molar-refractivity contribution is 6.35. The minimum absolute atomic E-state index is 0.00218. The molecule has 1 rings (SSSR count). The molecule has 1 aromatic rings. The summed E-state index contributed by atoms with van der Waals surface area (Å²) in [6.07, 6.45) is 0.965. The molecule has 0 saturated heterocycles. The predicted molar refractivity (Wildman–Crippen MR) is 66.7 cm³/mol. The third-order valence-corrected chi connectivity index (χ3v) is 2.41. The molecule has 1 aromatic heterocycles. The van der Waals surface area contributed by atoms with Crippen molar-refractivity contribution in [2.75, 3.05) is 6.54 Å². The summed E-state index contributed by atoms with van der Waals surface area (Å²) < 4.78 is 1.75. The fourth-order valence-electron chi connectivity index (χ4n) is 1.52. The Kier molecular flexibility index (Phi) is 4.91. The van der Waals surface area contributed by atoms with Crippen LogP contribution in [-0.2, 0) is 16.6 Å². The number of amides is 2. The molecule has 0 aliphatic carbocycles. The van der Waals surface area contributed by atoms with Crippen LogP contribution < -0.4 is 10.6 Å². The van der Waals surface area contributed by atoms with Gasteiger partial charge in [0.05, 0.1) is 0 Å². The topological polar surface area (TPSA) is 83.4 Å². The van der Waals surface area contributed by atoms with Gasteiger partial charge in [-0.2, -0.15) is 0 Å². The van der Waals surface area contributed by atoms with E-state index in [4.69, 9.17) is 0 Å². The molecule has 100 valence electrons. The predicted octanol–water partition coefficient (Wildman–Crippen LogP) is -0.301. The van der Waals surface area contributed by atoms with Crippen LogP contribution in [0.3, 0.4) is 0 Å². The average Bonchev–Trinajstić information content (AvgIpc) is 2.70. The number of aliphatic hydroxyl groups excluding tert-OH is 1. The van der Waals surface area contributed by atoms with Gasteiger partial charge in [-0.3, -0.25) is 9.59 Å². The van der Waals surface area contributed by atoms with Gasteiger partial charge in [0.15, 0.2) is 0 Å². The zero-order valence-electron chi connectivity index (χ0n) is 10.8. The van der Waals surface area contributed by atoms with E-state index >= 15 is 0 Å². The molecule has 3 N–H and O–H groups in total. The molecule has 0 aliphatic rings. The lowest BCUT2D eigenvalue weighted by molar-refractivity contribution is -0.139. The molecule has 6 heteroatoms. The number of carbonyl (C=O) groups excluding carboxylic acids is 2. The van der Waals surface area contributed by atoms with E-state index in [0.29, 0.717) is 5.69 Å². The lowest BCUT2D eigenvalue weighted by atomic mass is 10.2. The molecular formula is C12H19N3O3. The van der Waals surface area contributed by atoms with Crippen LogP contribution >= 0.6 is 0 Å². The second-order valence-corrected chi connectivity index (χ2v) is 4.40. The van der Waals surface area contributed by atoms with Crippen molar-refractivity contribution >= 4 is 11.8 Å². The number of aliphatic hydroxyl groups is 1. The molecule has 0 spiro atoms. The maximum Gasteiger partial charge on any atom is 0.309 e. The van der Waals surface area contributed by atoms with Crippen LogP contribution in [0.25, 0.3) is 0 Å². The number of hydrogen-bond acceptors (Lipinski definition) is 3. The van der Waals surface area contributed by atoms with Crippen LogP contribution in [0, 0.1) is 0 Å². The van der Waals surface area contributed by atoms with Gasteiger partial charge in [0.2, 0.25) is 0 Å². The molecule has 2 amide bonds. The number of nitrogens with one attached hydrogen (secondary N) is 2. The minimum Gasteiger partial charge on any atom is -0.385 e. The highest BCUT2D eigenvalue weighted by Crippen LogP contribution is 2.10. The Hall–Kier alpha value is -1.82. The first-order valence-corrected chi connectivity index (χ1v) is 5.79. The van der Waals surface area contributed by atoms with Gasteiger partial charge < -0.3 is 20.3 Å². The first-order valence-electron chi connectivity index (χ1n) is 5.79. The molecule has 0 aliphatic heterocycles. The van der Waals surface area contributed by atoms with Crippen molar-refractivity contribution in [1.29, 1.82) is 0 Å². The normalized spacial score (nSPS) is 12.3. The Morgan fingerprint density at radius 2 is 2.06 bits per heavy atom. The van der Waals surface area contributed by atoms with E-state index in [9.17, 15) is 14.7 Å². The van der Waals surface area contributed by atoms with Gasteiger partial charge in [0.1, 0.15) is 6.10 Å². The Balaban J connectivity index is 2.44. The lowest BCUT2D eigenvalue weighted by Gasteiger charge is -2.13. The highest BCUT2D eigenvalue weighted by atomic mass is 16.3. The fraction of sp³-hybridized carbons (Fsp3) is 0.500. The van der Waals surface area contributed by atoms with Crippen LogP contribution in [0.5, 0.6) is 0 Å². The van der Waals surface area contributed by atoms with Gasteiger partial charge in [-0.05, 0) is 26.0 Å². The molecule has 0 bridgehead atoms. The summed E-state index contributed by atoms with van der Waals surface area (Å²) in [7, 11) is 1.80. The Bertz CT molecular complexity index is 426. The van der Waals surface area contributed by atoms with Crippen molar-refractivity contribution in [3.63, 3.8) is 0 Å². The fourth-order valence-corrected chi connectivity index (χ4v) is 1.52. The SMILES string of the molecule is CC(C)NC(=O)C(=O)NCC(O)c1cccn1C. The first kappa shape index (κ1) is 14.2. The van der Waals surface area contributed by atoms with Gasteiger partial charge >= 0.3 is 11.8 Å². The lowest BCUT2D eigenvalue weighted by Crippen LogP contribution is -2.43. The number of carbonyl (C=O) groups is 2. The summed E-state index contributed by atoms with van der Waals surface area (Å²) in [5.74, 6) is -1.43. The van der Waals surface area contributed by atoms with Crippen molar-refractivity contribution in [3.05, 3.63) is 24.0 Å². The summed E-state index contributed by atoms with van der Waals surface area (Å²) in [5, 5.41) is 14.7. The summed E-state index contributed by atoms with van der Waals surface area (Å²) >= 11 is 0. The molecule has 1 atom stereocenters. The van der Waals surface area contributed by atoms with Crippen molar-refractivity contribution < 1.29 is 14.7 Å². The number of rotatable bonds is 4. The van der Waals surface area contributed by atoms with Crippen LogP contribution in [0.1, 0.15) is 25.6 Å². The minimum atomic E-state index is -0.833. The van der Waals surface area contributed by atoms with Crippen molar-refractivity contribution in [1.82, 2.24) is 15.2 Å². The monoisotopic (exact) mass is 253 g/mol. The van der Waals surface area contributed by atoms with Crippen LogP contribution in [0.4, 0.5) is 0 Å². The van der Waals surface area contributed by atoms with E-state index in [1.165, 1.54) is 0 Å². The Morgan fingerprint density at radius 3 is 2.56 bits per heavy atom. The smallest absolute Gasteiger partial charge is 0.309 e. The van der Waals surface area contributed by atoms with Gasteiger partial charge in [0, 0.05) is 31.5 Å². The van der Waals surface area contributed by atoms with E-state index in [1.54, 1.807) is 43.8 Å². The second-order valence-electron chi connectivity index (χ2n) is 4.40. The zero-order chi connectivity index (χ0) is 13.7. The summed E-state index contributed by atoms with van der Waals surface area (Å²) in [4.78, 5) is 22.7. The van der Waals surface area contributed by atoms with E-state index < -0.39 is 17.9 Å². The molecular weight excluding hydrogens is 234 g/mol. The maximum absolute atomic E-state index is 11.4. The van der Waals surface area contributed by atoms with E-state index in [2.05, 4.69) is 10.6 Å². The Labute approximate surface area is 106 Å². The second kappa shape index (κ2) is 6.20. The number of aryl methyl sites for hydroxylation is 1. The van der Waals surface area contributed by atoms with Gasteiger partial charge in [-0.15, -0.1) is 0 Å². The highest BCUT2D eigenvalue weighted by Gasteiger charge is 2.17. The summed E-state index contributed by atoms with van der Waals surface area (Å²) in [5.41, 5.74) is 0.680. The van der Waals surface area contributed by atoms with Crippen molar-refractivity contribution in [2.24, 2.45) is 7.05 Å². The third kappa shape index (κ3) is 3.89. The number of aromatic nitrogens is 1. The summed E-state index contributed by atoms with van der Waals surface area (Å²) in [6.45, 7) is 3.54. The standard InChI is InChI=1S/C12H19N3O3/c1-8(2)14-12(18)11(17)13-7-10(16)9-5-4-6-15(9)3/h4-6,8,10,16H,7H2,1-3H3,(H,13,17)(H,14,18). The maximum atomic E-state index is 11.4. The number of nitrogens with zero attached hydrogens (tertiary/aromatic N) is 1. The van der Waals surface area contributed by atoms with Gasteiger partial charge in [-0.25, -0.2) is 0 Å². The first-order chi connectivity index (χ1) is 8.41. The molecule has 1 unspecified atom stereocenters. The van der Waals surface area contributed by atoms with Crippen molar-refractivity contribution in [2.45, 2.75) is 26.0 Å². The van der Waals surface area contributed by atoms with Crippen LogP contribution in [-0.4, -0.2) is 34.1 Å². The van der Waals surface area contributed by atoms with Crippen LogP contribution in [0.15, 0.2) is 18.3 Å². The molecule has 0 radical (unpaired) electrons. The third-order valence-electron chi connectivity index (χ3n) is 2.41. The molecule has 0 aromatic carbocycles. The van der Waals surface area contributed by atoms with Crippen molar-refractivity contribution in [3.8, 4) is 0 Å². The van der Waals surface area contributed by atoms with Gasteiger partial charge in [-0.1, -0.05) is 0 Å². The zero-order valence-corrected chi connectivity index (χ0v) is 10.8.